The molecule has 1 aliphatic rings. The number of thiophene rings is 1. The van der Waals surface area contributed by atoms with Crippen LogP contribution in [-0.2, 0) is 4.79 Å². The van der Waals surface area contributed by atoms with Gasteiger partial charge in [-0.2, -0.15) is 4.98 Å². The third-order valence-corrected chi connectivity index (χ3v) is 5.73. The molecule has 3 rings (SSSR count). The zero-order valence-corrected chi connectivity index (χ0v) is 15.2. The molecular weight excluding hydrogens is 322 g/mol. The molecule has 1 aliphatic carbocycles. The minimum Gasteiger partial charge on any atom is -0.333 e. The lowest BCUT2D eigenvalue weighted by Gasteiger charge is -2.27. The maximum atomic E-state index is 12.6. The molecule has 0 spiro atoms. The number of hydrogen-bond donors (Lipinski definition) is 1. The second-order valence-electron chi connectivity index (χ2n) is 6.66. The van der Waals surface area contributed by atoms with Gasteiger partial charge in [-0.05, 0) is 50.0 Å². The van der Waals surface area contributed by atoms with Gasteiger partial charge in [0.15, 0.2) is 5.82 Å². The second-order valence-corrected chi connectivity index (χ2v) is 7.58. The van der Waals surface area contributed by atoms with Gasteiger partial charge >= 0.3 is 0 Å². The standard InChI is InChI=1S/C18H25N3O2S/c1-3-4-5-13-6-8-14(9-7-13)17(22)20-15-10-11-24-16(15)18-19-12(2)21-23-18/h10-11,13-14H,3-9H2,1-2H3,(H,20,22). The molecule has 2 heterocycles. The van der Waals surface area contributed by atoms with E-state index in [1.54, 1.807) is 6.92 Å². The predicted octanol–water partition coefficient (Wildman–Crippen LogP) is 5.04. The largest absolute Gasteiger partial charge is 0.333 e. The van der Waals surface area contributed by atoms with Gasteiger partial charge in [0.2, 0.25) is 5.91 Å². The second kappa shape index (κ2) is 7.92. The molecule has 0 unspecified atom stereocenters. The molecule has 24 heavy (non-hydrogen) atoms. The third kappa shape index (κ3) is 4.04. The summed E-state index contributed by atoms with van der Waals surface area (Å²) < 4.78 is 5.23. The van der Waals surface area contributed by atoms with Crippen LogP contribution in [0.5, 0.6) is 0 Å². The Morgan fingerprint density at radius 2 is 2.17 bits per heavy atom. The molecule has 0 saturated heterocycles. The number of aromatic nitrogens is 2. The smallest absolute Gasteiger partial charge is 0.270 e. The molecule has 1 saturated carbocycles. The van der Waals surface area contributed by atoms with E-state index in [1.807, 2.05) is 11.4 Å². The van der Waals surface area contributed by atoms with Crippen LogP contribution < -0.4 is 5.32 Å². The number of rotatable bonds is 6. The Labute approximate surface area is 146 Å². The van der Waals surface area contributed by atoms with Crippen LogP contribution in [0.3, 0.4) is 0 Å². The molecular formula is C18H25N3O2S. The summed E-state index contributed by atoms with van der Waals surface area (Å²) in [6.07, 6.45) is 8.24. The zero-order chi connectivity index (χ0) is 16.9. The summed E-state index contributed by atoms with van der Waals surface area (Å²) in [6, 6.07) is 1.91. The van der Waals surface area contributed by atoms with Gasteiger partial charge in [0.1, 0.15) is 4.88 Å². The summed E-state index contributed by atoms with van der Waals surface area (Å²) in [6.45, 7) is 4.03. The average Bonchev–Trinajstić information content (AvgIpc) is 3.22. The molecule has 0 radical (unpaired) electrons. The highest BCUT2D eigenvalue weighted by molar-refractivity contribution is 7.14. The molecule has 0 bridgehead atoms. The van der Waals surface area contributed by atoms with Gasteiger partial charge in [-0.15, -0.1) is 11.3 Å². The first-order valence-corrected chi connectivity index (χ1v) is 9.74. The fourth-order valence-electron chi connectivity index (χ4n) is 3.40. The Bertz CT molecular complexity index is 671. The highest BCUT2D eigenvalue weighted by atomic mass is 32.1. The van der Waals surface area contributed by atoms with Crippen LogP contribution in [0.15, 0.2) is 16.0 Å². The number of amides is 1. The number of aryl methyl sites for hydroxylation is 1. The van der Waals surface area contributed by atoms with Crippen molar-refractivity contribution in [2.45, 2.75) is 58.8 Å². The summed E-state index contributed by atoms with van der Waals surface area (Å²) in [4.78, 5) is 17.7. The number of nitrogens with one attached hydrogen (secondary N) is 1. The lowest BCUT2D eigenvalue weighted by atomic mass is 9.79. The number of carbonyl (C=O) groups excluding carboxylic acids is 1. The van der Waals surface area contributed by atoms with Crippen molar-refractivity contribution >= 4 is 22.9 Å². The van der Waals surface area contributed by atoms with Gasteiger partial charge in [0, 0.05) is 5.92 Å². The van der Waals surface area contributed by atoms with E-state index >= 15 is 0 Å². The summed E-state index contributed by atoms with van der Waals surface area (Å²) in [5.74, 6) is 2.13. The molecule has 5 nitrogen and oxygen atoms in total. The fourth-order valence-corrected chi connectivity index (χ4v) is 4.17. The SMILES string of the molecule is CCCCC1CCC(C(=O)Nc2ccsc2-c2nc(C)no2)CC1. The zero-order valence-electron chi connectivity index (χ0n) is 14.4. The molecule has 6 heteroatoms. The van der Waals surface area contributed by atoms with Gasteiger partial charge in [0.05, 0.1) is 5.69 Å². The van der Waals surface area contributed by atoms with E-state index in [9.17, 15) is 4.79 Å². The Kier molecular flexibility index (Phi) is 5.66. The van der Waals surface area contributed by atoms with Crippen molar-refractivity contribution in [3.05, 3.63) is 17.3 Å². The molecule has 1 amide bonds. The molecule has 0 aliphatic heterocycles. The molecule has 1 fully saturated rings. The number of nitrogens with zero attached hydrogens (tertiary/aromatic N) is 2. The topological polar surface area (TPSA) is 68.0 Å². The van der Waals surface area contributed by atoms with E-state index in [4.69, 9.17) is 4.52 Å². The molecule has 0 atom stereocenters. The first kappa shape index (κ1) is 17.1. The number of carbonyl (C=O) groups is 1. The van der Waals surface area contributed by atoms with Gasteiger partial charge in [-0.3, -0.25) is 4.79 Å². The molecule has 2 aromatic heterocycles. The Hall–Kier alpha value is -1.69. The van der Waals surface area contributed by atoms with Crippen molar-refractivity contribution in [1.82, 2.24) is 10.1 Å². The van der Waals surface area contributed by atoms with Crippen molar-refractivity contribution in [3.8, 4) is 10.8 Å². The Balaban J connectivity index is 1.58. The van der Waals surface area contributed by atoms with Crippen LogP contribution in [-0.4, -0.2) is 16.0 Å². The number of anilines is 1. The van der Waals surface area contributed by atoms with E-state index in [2.05, 4.69) is 22.4 Å². The number of unbranched alkanes of at least 4 members (excludes halogenated alkanes) is 1. The Morgan fingerprint density at radius 3 is 2.83 bits per heavy atom. The minimum atomic E-state index is 0.125. The lowest BCUT2D eigenvalue weighted by molar-refractivity contribution is -0.121. The maximum absolute atomic E-state index is 12.6. The first-order valence-electron chi connectivity index (χ1n) is 8.86. The molecule has 1 N–H and O–H groups in total. The summed E-state index contributed by atoms with van der Waals surface area (Å²) in [7, 11) is 0. The monoisotopic (exact) mass is 347 g/mol. The minimum absolute atomic E-state index is 0.125. The fraction of sp³-hybridized carbons (Fsp3) is 0.611. The summed E-state index contributed by atoms with van der Waals surface area (Å²) >= 11 is 1.50. The normalized spacial score (nSPS) is 20.9. The van der Waals surface area contributed by atoms with Gasteiger partial charge in [0.25, 0.3) is 5.89 Å². The molecule has 2 aromatic rings. The highest BCUT2D eigenvalue weighted by Gasteiger charge is 2.27. The van der Waals surface area contributed by atoms with Gasteiger partial charge in [-0.25, -0.2) is 0 Å². The maximum Gasteiger partial charge on any atom is 0.270 e. The number of hydrogen-bond acceptors (Lipinski definition) is 5. The first-order chi connectivity index (χ1) is 11.7. The molecule has 130 valence electrons. The van der Waals surface area contributed by atoms with Crippen molar-refractivity contribution in [2.24, 2.45) is 11.8 Å². The van der Waals surface area contributed by atoms with Crippen molar-refractivity contribution in [3.63, 3.8) is 0 Å². The highest BCUT2D eigenvalue weighted by Crippen LogP contribution is 2.35. The van der Waals surface area contributed by atoms with E-state index < -0.39 is 0 Å². The van der Waals surface area contributed by atoms with Gasteiger partial charge in [-0.1, -0.05) is 31.3 Å². The van der Waals surface area contributed by atoms with E-state index in [0.29, 0.717) is 11.7 Å². The van der Waals surface area contributed by atoms with Crippen molar-refractivity contribution in [1.29, 1.82) is 0 Å². The van der Waals surface area contributed by atoms with Crippen molar-refractivity contribution in [2.75, 3.05) is 5.32 Å². The summed E-state index contributed by atoms with van der Waals surface area (Å²) in [5, 5.41) is 8.83. The van der Waals surface area contributed by atoms with Gasteiger partial charge < -0.3 is 9.84 Å². The van der Waals surface area contributed by atoms with Crippen molar-refractivity contribution < 1.29 is 9.32 Å². The average molecular weight is 347 g/mol. The van der Waals surface area contributed by atoms with E-state index in [0.717, 1.165) is 29.3 Å². The van der Waals surface area contributed by atoms with Crippen LogP contribution in [0, 0.1) is 18.8 Å². The quantitative estimate of drug-likeness (QED) is 0.794. The van der Waals surface area contributed by atoms with Crippen LogP contribution in [0.2, 0.25) is 0 Å². The van der Waals surface area contributed by atoms with E-state index in [1.165, 1.54) is 43.4 Å². The summed E-state index contributed by atoms with van der Waals surface area (Å²) in [5.41, 5.74) is 0.779. The molecule has 0 aromatic carbocycles. The van der Waals surface area contributed by atoms with E-state index in [-0.39, 0.29) is 11.8 Å². The predicted molar refractivity (Wildman–Crippen MR) is 96.0 cm³/mol. The Morgan fingerprint density at radius 1 is 1.38 bits per heavy atom. The van der Waals surface area contributed by atoms with Crippen LogP contribution in [0.1, 0.15) is 57.7 Å². The third-order valence-electron chi connectivity index (χ3n) is 4.83. The van der Waals surface area contributed by atoms with Crippen LogP contribution in [0.4, 0.5) is 5.69 Å². The lowest BCUT2D eigenvalue weighted by Crippen LogP contribution is -2.27. The van der Waals surface area contributed by atoms with Crippen LogP contribution in [0.25, 0.3) is 10.8 Å². The van der Waals surface area contributed by atoms with Crippen LogP contribution >= 0.6 is 11.3 Å².